The molecule has 1 N–H and O–H groups in total. The van der Waals surface area contributed by atoms with Crippen LogP contribution in [0, 0.1) is 0 Å². The van der Waals surface area contributed by atoms with Gasteiger partial charge < -0.3 is 14.6 Å². The normalized spacial score (nSPS) is 23.1. The number of rotatable bonds is 5. The molecule has 2 aromatic carbocycles. The maximum Gasteiger partial charge on any atom is 0.192 e. The average molecular weight is 440 g/mol. The number of nitrogens with zero attached hydrogens (tertiary/aromatic N) is 1. The molecule has 0 saturated heterocycles. The minimum Gasteiger partial charge on any atom is -0.495 e. The van der Waals surface area contributed by atoms with Gasteiger partial charge in [0.05, 0.1) is 25.1 Å². The highest BCUT2D eigenvalue weighted by Crippen LogP contribution is 2.60. The van der Waals surface area contributed by atoms with Gasteiger partial charge in [0.15, 0.2) is 5.60 Å². The number of pyridine rings is 1. The van der Waals surface area contributed by atoms with Gasteiger partial charge in [0.25, 0.3) is 0 Å². The maximum absolute atomic E-state index is 12.3. The van der Waals surface area contributed by atoms with Gasteiger partial charge in [0, 0.05) is 15.6 Å². The predicted octanol–water partition coefficient (Wildman–Crippen LogP) is 5.18. The van der Waals surface area contributed by atoms with Crippen molar-refractivity contribution in [1.82, 2.24) is 4.98 Å². The molecule has 1 aromatic heterocycles. The second kappa shape index (κ2) is 7.22. The third-order valence-corrected chi connectivity index (χ3v) is 5.93. The monoisotopic (exact) mass is 439 g/mol. The molecular weight excluding hydrogens is 418 g/mol. The lowest BCUT2D eigenvalue weighted by molar-refractivity contribution is -0.103. The SMILES string of the molecule is CCC[C@@]1(O)c2c(OC)cncc2OC1(c1ccccc1)c1ccc(Br)cc1. The second-order valence-electron chi connectivity index (χ2n) is 6.98. The Kier molecular flexibility index (Phi) is 4.89. The summed E-state index contributed by atoms with van der Waals surface area (Å²) in [4.78, 5) is 4.25. The zero-order valence-electron chi connectivity index (χ0n) is 15.9. The van der Waals surface area contributed by atoms with Crippen LogP contribution in [-0.4, -0.2) is 17.2 Å². The van der Waals surface area contributed by atoms with Gasteiger partial charge >= 0.3 is 0 Å². The molecule has 0 fully saturated rings. The van der Waals surface area contributed by atoms with Crippen molar-refractivity contribution < 1.29 is 14.6 Å². The van der Waals surface area contributed by atoms with Gasteiger partial charge in [-0.1, -0.05) is 71.7 Å². The van der Waals surface area contributed by atoms with Crippen LogP contribution in [0.25, 0.3) is 0 Å². The molecule has 5 heteroatoms. The number of methoxy groups -OCH3 is 1. The fourth-order valence-electron chi connectivity index (χ4n) is 4.27. The Morgan fingerprint density at radius 1 is 1.04 bits per heavy atom. The molecule has 3 aromatic rings. The summed E-state index contributed by atoms with van der Waals surface area (Å²) >= 11 is 3.50. The summed E-state index contributed by atoms with van der Waals surface area (Å²) in [6.45, 7) is 2.06. The molecule has 0 radical (unpaired) electrons. The lowest BCUT2D eigenvalue weighted by Crippen LogP contribution is -2.50. The molecule has 0 bridgehead atoms. The van der Waals surface area contributed by atoms with E-state index in [0.717, 1.165) is 22.0 Å². The Bertz CT molecular complexity index is 977. The van der Waals surface area contributed by atoms with Crippen LogP contribution in [0.1, 0.15) is 36.5 Å². The van der Waals surface area contributed by atoms with E-state index in [-0.39, 0.29) is 0 Å². The van der Waals surface area contributed by atoms with Crippen LogP contribution in [0.15, 0.2) is 71.5 Å². The first-order valence-electron chi connectivity index (χ1n) is 9.32. The number of ether oxygens (including phenoxy) is 2. The molecule has 0 amide bonds. The zero-order chi connectivity index (χ0) is 19.8. The number of hydrogen-bond acceptors (Lipinski definition) is 4. The molecule has 1 aliphatic rings. The molecule has 0 spiro atoms. The summed E-state index contributed by atoms with van der Waals surface area (Å²) in [5.41, 5.74) is -0.0225. The summed E-state index contributed by atoms with van der Waals surface area (Å²) < 4.78 is 13.1. The molecule has 2 atom stereocenters. The lowest BCUT2D eigenvalue weighted by atomic mass is 9.69. The Morgan fingerprint density at radius 3 is 2.36 bits per heavy atom. The van der Waals surface area contributed by atoms with Crippen LogP contribution in [0.4, 0.5) is 0 Å². The van der Waals surface area contributed by atoms with Crippen molar-refractivity contribution in [3.8, 4) is 11.5 Å². The van der Waals surface area contributed by atoms with Gasteiger partial charge in [-0.25, -0.2) is 0 Å². The van der Waals surface area contributed by atoms with Crippen LogP contribution in [0.3, 0.4) is 0 Å². The van der Waals surface area contributed by atoms with Crippen molar-refractivity contribution in [1.29, 1.82) is 0 Å². The van der Waals surface area contributed by atoms with E-state index in [4.69, 9.17) is 9.47 Å². The summed E-state index contributed by atoms with van der Waals surface area (Å²) in [7, 11) is 1.59. The first kappa shape index (κ1) is 19.0. The molecule has 0 saturated carbocycles. The van der Waals surface area contributed by atoms with Crippen molar-refractivity contribution >= 4 is 15.9 Å². The first-order valence-corrected chi connectivity index (χ1v) is 10.1. The summed E-state index contributed by atoms with van der Waals surface area (Å²) in [5, 5.41) is 12.3. The van der Waals surface area contributed by atoms with E-state index in [9.17, 15) is 5.11 Å². The predicted molar refractivity (Wildman–Crippen MR) is 112 cm³/mol. The Morgan fingerprint density at radius 2 is 1.71 bits per heavy atom. The van der Waals surface area contributed by atoms with E-state index >= 15 is 0 Å². The van der Waals surface area contributed by atoms with Gasteiger partial charge in [-0.05, 0) is 18.6 Å². The Hall–Kier alpha value is -2.37. The summed E-state index contributed by atoms with van der Waals surface area (Å²) in [5.74, 6) is 1.07. The lowest BCUT2D eigenvalue weighted by Gasteiger charge is -2.42. The molecule has 2 heterocycles. The number of benzene rings is 2. The van der Waals surface area contributed by atoms with E-state index in [0.29, 0.717) is 23.5 Å². The fourth-order valence-corrected chi connectivity index (χ4v) is 4.54. The highest BCUT2D eigenvalue weighted by atomic mass is 79.9. The topological polar surface area (TPSA) is 51.6 Å². The van der Waals surface area contributed by atoms with Crippen LogP contribution >= 0.6 is 15.9 Å². The Balaban J connectivity index is 2.07. The van der Waals surface area contributed by atoms with Crippen molar-refractivity contribution in [3.63, 3.8) is 0 Å². The van der Waals surface area contributed by atoms with Gasteiger partial charge in [-0.15, -0.1) is 0 Å². The number of fused-ring (bicyclic) bond motifs is 1. The van der Waals surface area contributed by atoms with Crippen molar-refractivity contribution in [2.24, 2.45) is 0 Å². The molecule has 144 valence electrons. The molecule has 1 aliphatic heterocycles. The molecular formula is C23H22BrNO3. The first-order chi connectivity index (χ1) is 13.6. The highest BCUT2D eigenvalue weighted by Gasteiger charge is 2.62. The minimum absolute atomic E-state index is 0.505. The van der Waals surface area contributed by atoms with Crippen molar-refractivity contribution in [2.75, 3.05) is 7.11 Å². The fraction of sp³-hybridized carbons (Fsp3) is 0.261. The van der Waals surface area contributed by atoms with E-state index in [1.54, 1.807) is 19.5 Å². The van der Waals surface area contributed by atoms with Crippen LogP contribution in [0.2, 0.25) is 0 Å². The van der Waals surface area contributed by atoms with E-state index in [1.807, 2.05) is 54.6 Å². The van der Waals surface area contributed by atoms with Gasteiger partial charge in [-0.3, -0.25) is 4.98 Å². The quantitative estimate of drug-likeness (QED) is 0.595. The molecule has 28 heavy (non-hydrogen) atoms. The average Bonchev–Trinajstić information content (AvgIpc) is 2.99. The second-order valence-corrected chi connectivity index (χ2v) is 7.90. The largest absolute Gasteiger partial charge is 0.495 e. The van der Waals surface area contributed by atoms with Gasteiger partial charge in [0.2, 0.25) is 0 Å². The highest BCUT2D eigenvalue weighted by molar-refractivity contribution is 9.10. The standard InChI is InChI=1S/C23H22BrNO3/c1-3-13-22(26)21-19(27-2)14-25-15-20(21)28-23(22,16-7-5-4-6-8-16)17-9-11-18(24)12-10-17/h4-12,14-15,26H,3,13H2,1-2H3/t22-,23?/m1/s1. The molecule has 1 unspecified atom stereocenters. The van der Waals surface area contributed by atoms with E-state index in [1.165, 1.54) is 0 Å². The number of halogens is 1. The minimum atomic E-state index is -1.32. The van der Waals surface area contributed by atoms with Crippen LogP contribution in [-0.2, 0) is 11.2 Å². The number of aliphatic hydroxyl groups is 1. The molecule has 4 rings (SSSR count). The third kappa shape index (κ3) is 2.65. The van der Waals surface area contributed by atoms with Gasteiger partial charge in [-0.2, -0.15) is 0 Å². The van der Waals surface area contributed by atoms with E-state index in [2.05, 4.69) is 27.8 Å². The van der Waals surface area contributed by atoms with Crippen LogP contribution < -0.4 is 9.47 Å². The Labute approximate surface area is 173 Å². The number of aromatic nitrogens is 1. The summed E-state index contributed by atoms with van der Waals surface area (Å²) in [6.07, 6.45) is 4.56. The molecule has 4 nitrogen and oxygen atoms in total. The summed E-state index contributed by atoms with van der Waals surface area (Å²) in [6, 6.07) is 17.8. The van der Waals surface area contributed by atoms with E-state index < -0.39 is 11.2 Å². The van der Waals surface area contributed by atoms with Crippen LogP contribution in [0.5, 0.6) is 11.5 Å². The molecule has 0 aliphatic carbocycles. The van der Waals surface area contributed by atoms with Gasteiger partial charge in [0.1, 0.15) is 17.1 Å². The van der Waals surface area contributed by atoms with Crippen molar-refractivity contribution in [2.45, 2.75) is 31.0 Å². The third-order valence-electron chi connectivity index (χ3n) is 5.40. The smallest absolute Gasteiger partial charge is 0.192 e. The number of hydrogen-bond donors (Lipinski definition) is 1. The van der Waals surface area contributed by atoms with Crippen molar-refractivity contribution in [3.05, 3.63) is 88.2 Å². The zero-order valence-corrected chi connectivity index (χ0v) is 17.4. The maximum atomic E-state index is 12.3.